The van der Waals surface area contributed by atoms with Crippen LogP contribution in [0.3, 0.4) is 0 Å². The lowest BCUT2D eigenvalue weighted by Crippen LogP contribution is -2.59. The van der Waals surface area contributed by atoms with Crippen LogP contribution >= 0.6 is 43.6 Å². The highest BCUT2D eigenvalue weighted by Crippen LogP contribution is 2.41. The molecule has 11 heavy (non-hydrogen) atoms. The van der Waals surface area contributed by atoms with E-state index in [0.717, 1.165) is 12.2 Å². The van der Waals surface area contributed by atoms with Crippen molar-refractivity contribution in [1.29, 1.82) is 0 Å². The van der Waals surface area contributed by atoms with Crippen molar-refractivity contribution in [2.45, 2.75) is 21.6 Å². The second-order valence-electron chi connectivity index (χ2n) is 2.68. The van der Waals surface area contributed by atoms with Gasteiger partial charge in [0.1, 0.15) is 4.95 Å². The van der Waals surface area contributed by atoms with Crippen molar-refractivity contribution >= 4 is 49.5 Å². The number of amides is 1. The van der Waals surface area contributed by atoms with Gasteiger partial charge < -0.3 is 4.90 Å². The minimum atomic E-state index is 0.204. The van der Waals surface area contributed by atoms with Crippen LogP contribution in [-0.2, 0) is 4.79 Å². The van der Waals surface area contributed by atoms with Crippen molar-refractivity contribution in [3.8, 4) is 0 Å². The molecular weight excluding hydrogens is 294 g/mol. The Kier molecular flexibility index (Phi) is 2.23. The third kappa shape index (κ3) is 1.25. The summed E-state index contributed by atoms with van der Waals surface area (Å²) >= 11 is 8.87. The van der Waals surface area contributed by atoms with Crippen LogP contribution in [0.4, 0.5) is 0 Å². The highest BCUT2D eigenvalue weighted by molar-refractivity contribution is 9.12. The van der Waals surface area contributed by atoms with Crippen molar-refractivity contribution in [3.05, 3.63) is 0 Å². The fourth-order valence-corrected chi connectivity index (χ4v) is 4.37. The van der Waals surface area contributed by atoms with Crippen LogP contribution in [0.15, 0.2) is 0 Å². The lowest BCUT2D eigenvalue weighted by molar-refractivity contribution is -0.142. The Bertz CT molecular complexity index is 201. The molecule has 2 unspecified atom stereocenters. The normalized spacial score (nSPS) is 43.3. The molecule has 0 aromatic carbocycles. The molecule has 2 heterocycles. The number of nitrogens with zero attached hydrogens (tertiary/aromatic N) is 1. The summed E-state index contributed by atoms with van der Waals surface area (Å²) < 4.78 is 0. The molecule has 5 heteroatoms. The van der Waals surface area contributed by atoms with Crippen LogP contribution in [0.5, 0.6) is 0 Å². The molecular formula is C6H7Br2NOS. The molecule has 2 aliphatic rings. The van der Waals surface area contributed by atoms with Crippen LogP contribution < -0.4 is 0 Å². The third-order valence-corrected chi connectivity index (χ3v) is 6.33. The molecule has 0 aromatic heterocycles. The molecule has 0 bridgehead atoms. The molecule has 0 aliphatic carbocycles. The fraction of sp³-hybridized carbons (Fsp3) is 0.833. The van der Waals surface area contributed by atoms with Crippen molar-refractivity contribution in [1.82, 2.24) is 4.90 Å². The summed E-state index contributed by atoms with van der Waals surface area (Å²) in [4.78, 5) is 13.6. The molecule has 1 amide bonds. The lowest BCUT2D eigenvalue weighted by atomic mass is 10.2. The minimum absolute atomic E-state index is 0.204. The zero-order chi connectivity index (χ0) is 8.01. The summed E-state index contributed by atoms with van der Waals surface area (Å²) in [6.45, 7) is 0. The standard InChI is InChI=1S/C6H7Br2NOS/c7-3-2-11-5-1-4(10)9(5)6(3)8/h3,5-6H,1-2H2/t3?,5-,6?/m0/s1. The zero-order valence-electron chi connectivity index (χ0n) is 5.67. The maximum absolute atomic E-state index is 11.1. The maximum atomic E-state index is 11.1. The van der Waals surface area contributed by atoms with E-state index in [0.29, 0.717) is 10.2 Å². The van der Waals surface area contributed by atoms with Crippen LogP contribution in [0.25, 0.3) is 0 Å². The van der Waals surface area contributed by atoms with Gasteiger partial charge in [0, 0.05) is 5.75 Å². The van der Waals surface area contributed by atoms with Gasteiger partial charge in [0.15, 0.2) is 0 Å². The molecule has 2 aliphatic heterocycles. The quantitative estimate of drug-likeness (QED) is 0.386. The van der Waals surface area contributed by atoms with E-state index in [1.165, 1.54) is 0 Å². The highest BCUT2D eigenvalue weighted by atomic mass is 79.9. The van der Waals surface area contributed by atoms with E-state index in [1.54, 1.807) is 0 Å². The number of β-lactam (4-membered cyclic amide) rings is 1. The molecule has 0 N–H and O–H groups in total. The van der Waals surface area contributed by atoms with Crippen LogP contribution in [-0.4, -0.2) is 31.7 Å². The Morgan fingerprint density at radius 3 is 2.82 bits per heavy atom. The number of halogens is 2. The number of fused-ring (bicyclic) bond motifs is 1. The summed E-state index contributed by atoms with van der Waals surface area (Å²) in [7, 11) is 0. The minimum Gasteiger partial charge on any atom is -0.316 e. The number of carbonyl (C=O) groups excluding carboxylic acids is 1. The van der Waals surface area contributed by atoms with Gasteiger partial charge in [0.2, 0.25) is 5.91 Å². The largest absolute Gasteiger partial charge is 0.316 e. The predicted molar refractivity (Wildman–Crippen MR) is 53.1 cm³/mol. The Morgan fingerprint density at radius 2 is 2.27 bits per heavy atom. The second-order valence-corrected chi connectivity index (χ2v) is 6.01. The molecule has 62 valence electrons. The Morgan fingerprint density at radius 1 is 1.55 bits per heavy atom. The molecule has 0 spiro atoms. The monoisotopic (exact) mass is 299 g/mol. The predicted octanol–water partition coefficient (Wildman–Crippen LogP) is 1.78. The van der Waals surface area contributed by atoms with Crippen molar-refractivity contribution in [2.24, 2.45) is 0 Å². The van der Waals surface area contributed by atoms with Gasteiger partial charge in [-0.1, -0.05) is 31.9 Å². The average molecular weight is 301 g/mol. The Balaban J connectivity index is 2.10. The molecule has 0 radical (unpaired) electrons. The van der Waals surface area contributed by atoms with Crippen LogP contribution in [0, 0.1) is 0 Å². The van der Waals surface area contributed by atoms with E-state index in [9.17, 15) is 4.79 Å². The van der Waals surface area contributed by atoms with E-state index in [2.05, 4.69) is 31.9 Å². The molecule has 3 atom stereocenters. The van der Waals surface area contributed by atoms with E-state index in [1.807, 2.05) is 16.7 Å². The smallest absolute Gasteiger partial charge is 0.227 e. The first kappa shape index (κ1) is 8.38. The summed E-state index contributed by atoms with van der Waals surface area (Å²) in [5.74, 6) is 1.36. The fourth-order valence-electron chi connectivity index (χ4n) is 1.29. The first-order valence-corrected chi connectivity index (χ1v) is 6.29. The Hall–Kier alpha value is 0.780. The SMILES string of the molecule is O=C1C[C@@H]2SCC(Br)C(Br)N12. The number of hydrogen-bond acceptors (Lipinski definition) is 2. The summed E-state index contributed by atoms with van der Waals surface area (Å²) in [6, 6.07) is 0. The third-order valence-electron chi connectivity index (χ3n) is 1.96. The van der Waals surface area contributed by atoms with E-state index in [4.69, 9.17) is 0 Å². The van der Waals surface area contributed by atoms with Crippen molar-refractivity contribution < 1.29 is 4.79 Å². The lowest BCUT2D eigenvalue weighted by Gasteiger charge is -2.48. The van der Waals surface area contributed by atoms with Crippen molar-refractivity contribution in [3.63, 3.8) is 0 Å². The summed E-state index contributed by atoms with van der Waals surface area (Å²) in [5.41, 5.74) is 0. The number of rotatable bonds is 0. The van der Waals surface area contributed by atoms with Gasteiger partial charge in [-0.2, -0.15) is 0 Å². The number of carbonyl (C=O) groups is 1. The molecule has 2 fully saturated rings. The van der Waals surface area contributed by atoms with Gasteiger partial charge in [0.05, 0.1) is 16.6 Å². The first-order chi connectivity index (χ1) is 5.20. The molecule has 2 rings (SSSR count). The first-order valence-electron chi connectivity index (χ1n) is 3.41. The summed E-state index contributed by atoms with van der Waals surface area (Å²) in [5, 5.41) is 0.445. The number of alkyl halides is 2. The molecule has 0 saturated carbocycles. The van der Waals surface area contributed by atoms with Gasteiger partial charge in [-0.15, -0.1) is 11.8 Å². The van der Waals surface area contributed by atoms with E-state index in [-0.39, 0.29) is 10.9 Å². The summed E-state index contributed by atoms with van der Waals surface area (Å²) in [6.07, 6.45) is 0.729. The van der Waals surface area contributed by atoms with Crippen molar-refractivity contribution in [2.75, 3.05) is 5.75 Å². The second kappa shape index (κ2) is 2.92. The van der Waals surface area contributed by atoms with Gasteiger partial charge >= 0.3 is 0 Å². The Labute approximate surface area is 86.3 Å². The van der Waals surface area contributed by atoms with Gasteiger partial charge in [-0.05, 0) is 0 Å². The molecule has 2 nitrogen and oxygen atoms in total. The zero-order valence-corrected chi connectivity index (χ0v) is 9.65. The van der Waals surface area contributed by atoms with Gasteiger partial charge in [-0.3, -0.25) is 4.79 Å². The van der Waals surface area contributed by atoms with Crippen LogP contribution in [0.2, 0.25) is 0 Å². The van der Waals surface area contributed by atoms with Gasteiger partial charge in [0.25, 0.3) is 0 Å². The molecule has 0 aromatic rings. The van der Waals surface area contributed by atoms with E-state index >= 15 is 0 Å². The molecule has 2 saturated heterocycles. The number of thioether (sulfide) groups is 1. The highest BCUT2D eigenvalue weighted by Gasteiger charge is 2.45. The number of hydrogen-bond donors (Lipinski definition) is 0. The van der Waals surface area contributed by atoms with Crippen LogP contribution in [0.1, 0.15) is 6.42 Å². The van der Waals surface area contributed by atoms with E-state index < -0.39 is 0 Å². The topological polar surface area (TPSA) is 20.3 Å². The van der Waals surface area contributed by atoms with Gasteiger partial charge in [-0.25, -0.2) is 0 Å². The average Bonchev–Trinajstić information content (AvgIpc) is 1.94. The maximum Gasteiger partial charge on any atom is 0.227 e.